The summed E-state index contributed by atoms with van der Waals surface area (Å²) in [6.45, 7) is 4.72. The van der Waals surface area contributed by atoms with E-state index in [2.05, 4.69) is 15.9 Å². The van der Waals surface area contributed by atoms with Crippen molar-refractivity contribution < 1.29 is 4.79 Å². The predicted molar refractivity (Wildman–Crippen MR) is 82.3 cm³/mol. The van der Waals surface area contributed by atoms with Gasteiger partial charge in [-0.2, -0.15) is 0 Å². The number of carbonyl (C=O) groups excluding carboxylic acids is 1. The molecule has 1 saturated carbocycles. The number of carbonyl (C=O) groups is 1. The highest BCUT2D eigenvalue weighted by molar-refractivity contribution is 9.10. The maximum atomic E-state index is 12.7. The summed E-state index contributed by atoms with van der Waals surface area (Å²) in [6.07, 6.45) is 4.71. The Balaban J connectivity index is 2.31. The maximum absolute atomic E-state index is 12.7. The van der Waals surface area contributed by atoms with Crippen LogP contribution < -0.4 is 5.73 Å². The van der Waals surface area contributed by atoms with Crippen LogP contribution in [0.5, 0.6) is 0 Å². The molecule has 1 aromatic carbocycles. The molecule has 2 rings (SSSR count). The third-order valence-electron chi connectivity index (χ3n) is 4.01. The summed E-state index contributed by atoms with van der Waals surface area (Å²) in [5.74, 6) is 0.111. The molecule has 4 heteroatoms. The number of nitrogens with zero attached hydrogens (tertiary/aromatic N) is 1. The van der Waals surface area contributed by atoms with Gasteiger partial charge in [0.05, 0.1) is 0 Å². The van der Waals surface area contributed by atoms with Crippen LogP contribution in [0.4, 0.5) is 5.69 Å². The first-order chi connectivity index (χ1) is 9.04. The average Bonchev–Trinajstić information content (AvgIpc) is 2.88. The molecule has 0 aliphatic heterocycles. The SMILES string of the molecule is CCN(C(=O)c1cc(Br)cc(N)c1C)C1CCCC1. The van der Waals surface area contributed by atoms with Gasteiger partial charge in [-0.1, -0.05) is 28.8 Å². The summed E-state index contributed by atoms with van der Waals surface area (Å²) in [5, 5.41) is 0. The summed E-state index contributed by atoms with van der Waals surface area (Å²) in [4.78, 5) is 14.7. The lowest BCUT2D eigenvalue weighted by molar-refractivity contribution is 0.0693. The van der Waals surface area contributed by atoms with Crippen LogP contribution in [0, 0.1) is 6.92 Å². The zero-order valence-electron chi connectivity index (χ0n) is 11.6. The molecule has 0 saturated heterocycles. The number of hydrogen-bond donors (Lipinski definition) is 1. The van der Waals surface area contributed by atoms with Crippen LogP contribution in [0.25, 0.3) is 0 Å². The summed E-state index contributed by atoms with van der Waals surface area (Å²) in [6, 6.07) is 4.13. The Hall–Kier alpha value is -1.03. The van der Waals surface area contributed by atoms with Crippen LogP contribution in [0.3, 0.4) is 0 Å². The zero-order chi connectivity index (χ0) is 14.0. The van der Waals surface area contributed by atoms with E-state index in [0.717, 1.165) is 35.0 Å². The molecule has 0 aromatic heterocycles. The Morgan fingerprint density at radius 1 is 1.42 bits per heavy atom. The van der Waals surface area contributed by atoms with Gasteiger partial charge in [-0.25, -0.2) is 0 Å². The molecule has 3 nitrogen and oxygen atoms in total. The Morgan fingerprint density at radius 2 is 2.05 bits per heavy atom. The van der Waals surface area contributed by atoms with Gasteiger partial charge in [0.25, 0.3) is 5.91 Å². The molecule has 1 amide bonds. The number of amides is 1. The van der Waals surface area contributed by atoms with Crippen molar-refractivity contribution in [2.24, 2.45) is 0 Å². The molecule has 0 atom stereocenters. The second-order valence-electron chi connectivity index (χ2n) is 5.20. The van der Waals surface area contributed by atoms with Gasteiger partial charge in [0.15, 0.2) is 0 Å². The van der Waals surface area contributed by atoms with E-state index in [0.29, 0.717) is 11.7 Å². The van der Waals surface area contributed by atoms with Crippen LogP contribution in [0.2, 0.25) is 0 Å². The first kappa shape index (κ1) is 14.4. The molecular weight excluding hydrogens is 304 g/mol. The minimum absolute atomic E-state index is 0.111. The second-order valence-corrected chi connectivity index (χ2v) is 6.11. The predicted octanol–water partition coefficient (Wildman–Crippen LogP) is 3.74. The molecular formula is C15H21BrN2O. The fraction of sp³-hybridized carbons (Fsp3) is 0.533. The highest BCUT2D eigenvalue weighted by atomic mass is 79.9. The Labute approximate surface area is 123 Å². The third-order valence-corrected chi connectivity index (χ3v) is 4.47. The number of nitrogen functional groups attached to an aromatic ring is 1. The lowest BCUT2D eigenvalue weighted by Crippen LogP contribution is -2.39. The molecule has 1 aliphatic rings. The molecule has 2 N–H and O–H groups in total. The third kappa shape index (κ3) is 2.94. The standard InChI is InChI=1S/C15H21BrN2O/c1-3-18(12-6-4-5-7-12)15(19)13-8-11(16)9-14(17)10(13)2/h8-9,12H,3-7,17H2,1-2H3. The zero-order valence-corrected chi connectivity index (χ0v) is 13.2. The van der Waals surface area contributed by atoms with Crippen molar-refractivity contribution in [1.29, 1.82) is 0 Å². The Morgan fingerprint density at radius 3 is 2.63 bits per heavy atom. The number of hydrogen-bond acceptors (Lipinski definition) is 2. The molecule has 104 valence electrons. The van der Waals surface area contributed by atoms with Crippen LogP contribution in [0.1, 0.15) is 48.5 Å². The average molecular weight is 325 g/mol. The van der Waals surface area contributed by atoms with Crippen molar-refractivity contribution in [2.75, 3.05) is 12.3 Å². The van der Waals surface area contributed by atoms with Crippen molar-refractivity contribution in [3.05, 3.63) is 27.7 Å². The van der Waals surface area contributed by atoms with Crippen molar-refractivity contribution >= 4 is 27.5 Å². The summed E-state index contributed by atoms with van der Waals surface area (Å²) in [7, 11) is 0. The smallest absolute Gasteiger partial charge is 0.254 e. The van der Waals surface area contributed by atoms with Crippen molar-refractivity contribution in [1.82, 2.24) is 4.90 Å². The summed E-state index contributed by atoms with van der Waals surface area (Å²) >= 11 is 3.42. The van der Waals surface area contributed by atoms with Crippen LogP contribution in [-0.4, -0.2) is 23.4 Å². The van der Waals surface area contributed by atoms with Crippen molar-refractivity contribution in [3.8, 4) is 0 Å². The number of nitrogens with two attached hydrogens (primary N) is 1. The van der Waals surface area contributed by atoms with Gasteiger partial charge in [0.2, 0.25) is 0 Å². The summed E-state index contributed by atoms with van der Waals surface area (Å²) in [5.41, 5.74) is 8.22. The Bertz CT molecular complexity index is 481. The second kappa shape index (κ2) is 5.95. The first-order valence-electron chi connectivity index (χ1n) is 6.91. The largest absolute Gasteiger partial charge is 0.398 e. The van der Waals surface area contributed by atoms with E-state index in [1.807, 2.05) is 30.9 Å². The highest BCUT2D eigenvalue weighted by Crippen LogP contribution is 2.28. The van der Waals surface area contributed by atoms with Crippen LogP contribution >= 0.6 is 15.9 Å². The van der Waals surface area contributed by atoms with Crippen LogP contribution in [0.15, 0.2) is 16.6 Å². The molecule has 1 aromatic rings. The van der Waals surface area contributed by atoms with Gasteiger partial charge in [-0.3, -0.25) is 4.79 Å². The number of anilines is 1. The van der Waals surface area contributed by atoms with Gasteiger partial charge < -0.3 is 10.6 Å². The van der Waals surface area contributed by atoms with Gasteiger partial charge >= 0.3 is 0 Å². The fourth-order valence-corrected chi connectivity index (χ4v) is 3.34. The summed E-state index contributed by atoms with van der Waals surface area (Å²) < 4.78 is 0.862. The minimum atomic E-state index is 0.111. The molecule has 0 radical (unpaired) electrons. The van der Waals surface area contributed by atoms with Gasteiger partial charge in [-0.15, -0.1) is 0 Å². The molecule has 0 heterocycles. The monoisotopic (exact) mass is 324 g/mol. The van der Waals surface area contributed by atoms with Crippen LogP contribution in [-0.2, 0) is 0 Å². The fourth-order valence-electron chi connectivity index (χ4n) is 2.86. The number of halogens is 1. The minimum Gasteiger partial charge on any atom is -0.398 e. The molecule has 19 heavy (non-hydrogen) atoms. The topological polar surface area (TPSA) is 46.3 Å². The van der Waals surface area contributed by atoms with E-state index >= 15 is 0 Å². The number of rotatable bonds is 3. The highest BCUT2D eigenvalue weighted by Gasteiger charge is 2.27. The van der Waals surface area contributed by atoms with E-state index in [1.54, 1.807) is 0 Å². The lowest BCUT2D eigenvalue weighted by Gasteiger charge is -2.28. The van der Waals surface area contributed by atoms with Gasteiger partial charge in [0.1, 0.15) is 0 Å². The van der Waals surface area contributed by atoms with Gasteiger partial charge in [-0.05, 0) is 44.4 Å². The molecule has 0 bridgehead atoms. The van der Waals surface area contributed by atoms with Crippen molar-refractivity contribution in [2.45, 2.75) is 45.6 Å². The van der Waals surface area contributed by atoms with Crippen molar-refractivity contribution in [3.63, 3.8) is 0 Å². The van der Waals surface area contributed by atoms with Gasteiger partial charge in [0, 0.05) is 28.3 Å². The number of benzene rings is 1. The molecule has 0 unspecified atom stereocenters. The van der Waals surface area contributed by atoms with E-state index in [4.69, 9.17) is 5.73 Å². The quantitative estimate of drug-likeness (QED) is 0.861. The molecule has 1 fully saturated rings. The van der Waals surface area contributed by atoms with E-state index in [9.17, 15) is 4.79 Å². The maximum Gasteiger partial charge on any atom is 0.254 e. The van der Waals surface area contributed by atoms with E-state index < -0.39 is 0 Å². The normalized spacial score (nSPS) is 15.7. The lowest BCUT2D eigenvalue weighted by atomic mass is 10.0. The van der Waals surface area contributed by atoms with E-state index in [1.165, 1.54) is 12.8 Å². The molecule has 1 aliphatic carbocycles. The molecule has 0 spiro atoms. The first-order valence-corrected chi connectivity index (χ1v) is 7.70. The Kier molecular flexibility index (Phi) is 4.50. The van der Waals surface area contributed by atoms with E-state index in [-0.39, 0.29) is 5.91 Å².